The SMILES string of the molecule is CCOc1ccc(OCc2ccc(CC(N)C(=O)O)o2)cc1. The van der Waals surface area contributed by atoms with Crippen LogP contribution >= 0.6 is 0 Å². The Hall–Kier alpha value is -2.47. The zero-order chi connectivity index (χ0) is 15.9. The van der Waals surface area contributed by atoms with E-state index in [4.69, 9.17) is 24.7 Å². The largest absolute Gasteiger partial charge is 0.494 e. The van der Waals surface area contributed by atoms with E-state index in [9.17, 15) is 4.79 Å². The molecule has 0 spiro atoms. The van der Waals surface area contributed by atoms with E-state index in [0.29, 0.717) is 23.9 Å². The van der Waals surface area contributed by atoms with Crippen LogP contribution in [-0.2, 0) is 17.8 Å². The molecule has 0 amide bonds. The molecule has 1 atom stereocenters. The molecule has 0 aliphatic carbocycles. The quantitative estimate of drug-likeness (QED) is 0.776. The second-order valence-corrected chi connectivity index (χ2v) is 4.71. The predicted molar refractivity (Wildman–Crippen MR) is 80.0 cm³/mol. The average molecular weight is 305 g/mol. The molecule has 0 radical (unpaired) electrons. The molecule has 6 heteroatoms. The van der Waals surface area contributed by atoms with Gasteiger partial charge in [0.15, 0.2) is 0 Å². The topological polar surface area (TPSA) is 94.9 Å². The highest BCUT2D eigenvalue weighted by Gasteiger charge is 2.14. The lowest BCUT2D eigenvalue weighted by molar-refractivity contribution is -0.138. The van der Waals surface area contributed by atoms with E-state index in [2.05, 4.69) is 0 Å². The number of hydrogen-bond acceptors (Lipinski definition) is 5. The van der Waals surface area contributed by atoms with Crippen molar-refractivity contribution in [3.63, 3.8) is 0 Å². The molecule has 22 heavy (non-hydrogen) atoms. The van der Waals surface area contributed by atoms with E-state index in [1.165, 1.54) is 0 Å². The van der Waals surface area contributed by atoms with Gasteiger partial charge >= 0.3 is 5.97 Å². The lowest BCUT2D eigenvalue weighted by Crippen LogP contribution is -2.32. The number of carboxylic acid groups (broad SMARTS) is 1. The molecule has 1 heterocycles. The van der Waals surface area contributed by atoms with Gasteiger partial charge in [0.2, 0.25) is 0 Å². The van der Waals surface area contributed by atoms with Gasteiger partial charge in [-0.15, -0.1) is 0 Å². The van der Waals surface area contributed by atoms with Crippen LogP contribution in [0.5, 0.6) is 11.5 Å². The third-order valence-electron chi connectivity index (χ3n) is 2.97. The van der Waals surface area contributed by atoms with Crippen LogP contribution in [0.4, 0.5) is 0 Å². The lowest BCUT2D eigenvalue weighted by Gasteiger charge is -2.06. The van der Waals surface area contributed by atoms with Crippen molar-refractivity contribution < 1.29 is 23.8 Å². The number of furan rings is 1. The molecular weight excluding hydrogens is 286 g/mol. The molecule has 0 bridgehead atoms. The summed E-state index contributed by atoms with van der Waals surface area (Å²) in [5, 5.41) is 8.76. The van der Waals surface area contributed by atoms with Crippen molar-refractivity contribution in [2.45, 2.75) is 26.0 Å². The Kier molecular flexibility index (Phi) is 5.43. The molecular formula is C16H19NO5. The number of rotatable bonds is 8. The zero-order valence-electron chi connectivity index (χ0n) is 12.3. The van der Waals surface area contributed by atoms with Crippen molar-refractivity contribution in [2.24, 2.45) is 5.73 Å². The molecule has 3 N–H and O–H groups in total. The summed E-state index contributed by atoms with van der Waals surface area (Å²) in [6, 6.07) is 9.78. The van der Waals surface area contributed by atoms with Crippen molar-refractivity contribution in [3.8, 4) is 11.5 Å². The number of hydrogen-bond donors (Lipinski definition) is 2. The maximum absolute atomic E-state index is 10.7. The monoisotopic (exact) mass is 305 g/mol. The predicted octanol–water partition coefficient (Wildman–Crippen LogP) is 2.21. The first kappa shape index (κ1) is 15.9. The fraction of sp³-hybridized carbons (Fsp3) is 0.312. The molecule has 2 aromatic rings. The Morgan fingerprint density at radius 2 is 1.73 bits per heavy atom. The first-order valence-electron chi connectivity index (χ1n) is 7.00. The summed E-state index contributed by atoms with van der Waals surface area (Å²) in [6.07, 6.45) is 0.151. The molecule has 1 aromatic carbocycles. The highest BCUT2D eigenvalue weighted by molar-refractivity contribution is 5.73. The van der Waals surface area contributed by atoms with Crippen LogP contribution in [-0.4, -0.2) is 23.7 Å². The van der Waals surface area contributed by atoms with Crippen LogP contribution in [0.1, 0.15) is 18.4 Å². The van der Waals surface area contributed by atoms with Gasteiger partial charge in [0.25, 0.3) is 0 Å². The summed E-state index contributed by atoms with van der Waals surface area (Å²) >= 11 is 0. The second kappa shape index (κ2) is 7.51. The summed E-state index contributed by atoms with van der Waals surface area (Å²) in [6.45, 7) is 2.80. The molecule has 6 nitrogen and oxygen atoms in total. The minimum Gasteiger partial charge on any atom is -0.494 e. The van der Waals surface area contributed by atoms with E-state index < -0.39 is 12.0 Å². The van der Waals surface area contributed by atoms with Crippen molar-refractivity contribution in [1.29, 1.82) is 0 Å². The minimum atomic E-state index is -1.05. The van der Waals surface area contributed by atoms with Crippen LogP contribution in [0.3, 0.4) is 0 Å². The number of carboxylic acids is 1. The summed E-state index contributed by atoms with van der Waals surface area (Å²) in [5.74, 6) is 1.58. The van der Waals surface area contributed by atoms with Crippen LogP contribution in [0, 0.1) is 0 Å². The Labute approximate surface area is 128 Å². The average Bonchev–Trinajstić information content (AvgIpc) is 2.94. The highest BCUT2D eigenvalue weighted by Crippen LogP contribution is 2.19. The van der Waals surface area contributed by atoms with Crippen LogP contribution in [0.25, 0.3) is 0 Å². The Bertz CT molecular complexity index is 605. The van der Waals surface area contributed by atoms with Gasteiger partial charge in [-0.2, -0.15) is 0 Å². The maximum atomic E-state index is 10.7. The van der Waals surface area contributed by atoms with Crippen molar-refractivity contribution >= 4 is 5.97 Å². The molecule has 0 saturated heterocycles. The van der Waals surface area contributed by atoms with E-state index in [1.54, 1.807) is 12.1 Å². The first-order valence-corrected chi connectivity index (χ1v) is 7.00. The third kappa shape index (κ3) is 4.53. The van der Waals surface area contributed by atoms with Gasteiger partial charge in [-0.05, 0) is 43.3 Å². The van der Waals surface area contributed by atoms with Crippen LogP contribution in [0.2, 0.25) is 0 Å². The summed E-state index contributed by atoms with van der Waals surface area (Å²) < 4.78 is 16.4. The first-order chi connectivity index (χ1) is 10.6. The van der Waals surface area contributed by atoms with E-state index in [1.807, 2.05) is 31.2 Å². The van der Waals surface area contributed by atoms with E-state index in [0.717, 1.165) is 5.75 Å². The van der Waals surface area contributed by atoms with Gasteiger partial charge < -0.3 is 24.7 Å². The maximum Gasteiger partial charge on any atom is 0.320 e. The van der Waals surface area contributed by atoms with Gasteiger partial charge in [0.1, 0.15) is 35.7 Å². The molecule has 0 aliphatic rings. The second-order valence-electron chi connectivity index (χ2n) is 4.71. The molecule has 0 aliphatic heterocycles. The van der Waals surface area contributed by atoms with Gasteiger partial charge in [-0.1, -0.05) is 0 Å². The van der Waals surface area contributed by atoms with Crippen LogP contribution < -0.4 is 15.2 Å². The van der Waals surface area contributed by atoms with Gasteiger partial charge in [-0.25, -0.2) is 0 Å². The third-order valence-corrected chi connectivity index (χ3v) is 2.97. The van der Waals surface area contributed by atoms with Gasteiger partial charge in [0, 0.05) is 6.42 Å². The van der Waals surface area contributed by atoms with Crippen molar-refractivity contribution in [2.75, 3.05) is 6.61 Å². The Balaban J connectivity index is 1.86. The lowest BCUT2D eigenvalue weighted by atomic mass is 10.2. The Morgan fingerprint density at radius 3 is 2.32 bits per heavy atom. The standard InChI is InChI=1S/C16H19NO5/c1-2-20-11-3-5-12(6-4-11)21-10-14-8-7-13(22-14)9-15(17)16(18)19/h3-8,15H,2,9-10,17H2,1H3,(H,18,19). The number of nitrogens with two attached hydrogens (primary N) is 1. The number of ether oxygens (including phenoxy) is 2. The fourth-order valence-corrected chi connectivity index (χ4v) is 1.87. The molecule has 1 unspecified atom stereocenters. The smallest absolute Gasteiger partial charge is 0.320 e. The fourth-order valence-electron chi connectivity index (χ4n) is 1.87. The van der Waals surface area contributed by atoms with E-state index in [-0.39, 0.29) is 13.0 Å². The van der Waals surface area contributed by atoms with Crippen molar-refractivity contribution in [1.82, 2.24) is 0 Å². The highest BCUT2D eigenvalue weighted by atomic mass is 16.5. The zero-order valence-corrected chi connectivity index (χ0v) is 12.3. The summed E-state index contributed by atoms with van der Waals surface area (Å²) in [4.78, 5) is 10.7. The van der Waals surface area contributed by atoms with Gasteiger partial charge in [-0.3, -0.25) is 4.79 Å². The summed E-state index contributed by atoms with van der Waals surface area (Å²) in [7, 11) is 0. The Morgan fingerprint density at radius 1 is 1.14 bits per heavy atom. The number of aliphatic carboxylic acids is 1. The van der Waals surface area contributed by atoms with Gasteiger partial charge in [0.05, 0.1) is 6.61 Å². The molecule has 2 rings (SSSR count). The van der Waals surface area contributed by atoms with Crippen molar-refractivity contribution in [3.05, 3.63) is 47.9 Å². The number of carbonyl (C=O) groups is 1. The summed E-state index contributed by atoms with van der Waals surface area (Å²) in [5.41, 5.74) is 5.46. The minimum absolute atomic E-state index is 0.151. The molecule has 0 saturated carbocycles. The molecule has 0 fully saturated rings. The van der Waals surface area contributed by atoms with E-state index >= 15 is 0 Å². The van der Waals surface area contributed by atoms with Crippen LogP contribution in [0.15, 0.2) is 40.8 Å². The normalized spacial score (nSPS) is 11.9. The molecule has 1 aromatic heterocycles. The molecule has 118 valence electrons. The number of benzene rings is 1.